The minimum atomic E-state index is -1.40. The molecule has 0 aromatic carbocycles. The number of pyridine rings is 1. The van der Waals surface area contributed by atoms with Gasteiger partial charge >= 0.3 is 11.7 Å². The van der Waals surface area contributed by atoms with Crippen LogP contribution in [0, 0.1) is 10.1 Å². The number of nitrogens with one attached hydrogen (secondary N) is 1. The Morgan fingerprint density at radius 1 is 1.68 bits per heavy atom. The van der Waals surface area contributed by atoms with Gasteiger partial charge in [0, 0.05) is 34.9 Å². The molecule has 2 N–H and O–H groups in total. The molecule has 0 radical (unpaired) electrons. The Labute approximate surface area is 111 Å². The fraction of sp³-hybridized carbons (Fsp3) is 0.400. The van der Waals surface area contributed by atoms with Crippen molar-refractivity contribution < 1.29 is 19.0 Å². The summed E-state index contributed by atoms with van der Waals surface area (Å²) in [4.78, 5) is 24.6. The Morgan fingerprint density at radius 2 is 2.32 bits per heavy atom. The number of carboxylic acids is 1. The lowest BCUT2D eigenvalue weighted by Crippen LogP contribution is -2.23. The molecular weight excluding hydrogens is 274 g/mol. The second-order valence-corrected chi connectivity index (χ2v) is 5.41. The van der Waals surface area contributed by atoms with Gasteiger partial charge in [-0.25, -0.2) is 9.78 Å². The Bertz CT molecular complexity index is 534. The van der Waals surface area contributed by atoms with E-state index in [4.69, 9.17) is 5.11 Å². The summed E-state index contributed by atoms with van der Waals surface area (Å²) in [5.74, 6) is -0.842. The van der Waals surface area contributed by atoms with Crippen LogP contribution < -0.4 is 5.32 Å². The number of anilines is 1. The summed E-state index contributed by atoms with van der Waals surface area (Å²) in [6.07, 6.45) is 2.44. The minimum absolute atomic E-state index is 0.193. The number of hydrogen-bond acceptors (Lipinski definition) is 6. The molecule has 0 saturated heterocycles. The molecule has 0 aliphatic rings. The van der Waals surface area contributed by atoms with E-state index >= 15 is 0 Å². The van der Waals surface area contributed by atoms with Gasteiger partial charge in [0.05, 0.1) is 4.92 Å². The van der Waals surface area contributed by atoms with Crippen molar-refractivity contribution in [2.24, 2.45) is 0 Å². The molecule has 0 fully saturated rings. The smallest absolute Gasteiger partial charge is 0.342 e. The number of rotatable bonds is 6. The Hall–Kier alpha value is -2.03. The van der Waals surface area contributed by atoms with Crippen molar-refractivity contribution >= 4 is 28.3 Å². The third-order valence-corrected chi connectivity index (χ3v) is 3.16. The molecule has 0 bridgehead atoms. The van der Waals surface area contributed by atoms with Crippen LogP contribution in [0.5, 0.6) is 0 Å². The van der Waals surface area contributed by atoms with Crippen LogP contribution >= 0.6 is 0 Å². The first kappa shape index (κ1) is 15.0. The van der Waals surface area contributed by atoms with E-state index < -0.39 is 32.9 Å². The Morgan fingerprint density at radius 3 is 2.79 bits per heavy atom. The van der Waals surface area contributed by atoms with Crippen LogP contribution in [0.4, 0.5) is 11.5 Å². The molecule has 9 heteroatoms. The van der Waals surface area contributed by atoms with Gasteiger partial charge in [0.2, 0.25) is 0 Å². The van der Waals surface area contributed by atoms with E-state index in [1.54, 1.807) is 13.2 Å². The van der Waals surface area contributed by atoms with Gasteiger partial charge in [-0.3, -0.25) is 14.3 Å². The third kappa shape index (κ3) is 4.28. The summed E-state index contributed by atoms with van der Waals surface area (Å²) in [6.45, 7) is 1.75. The van der Waals surface area contributed by atoms with E-state index in [0.29, 0.717) is 5.75 Å². The van der Waals surface area contributed by atoms with Gasteiger partial charge in [-0.1, -0.05) is 0 Å². The Kier molecular flexibility index (Phi) is 4.93. The molecule has 0 amide bonds. The molecule has 2 atom stereocenters. The fourth-order valence-corrected chi connectivity index (χ4v) is 2.28. The van der Waals surface area contributed by atoms with E-state index in [0.717, 1.165) is 12.3 Å². The summed E-state index contributed by atoms with van der Waals surface area (Å²) in [6, 6.07) is 0.900. The second kappa shape index (κ2) is 6.23. The van der Waals surface area contributed by atoms with Gasteiger partial charge in [0.15, 0.2) is 0 Å². The molecule has 0 spiro atoms. The van der Waals surface area contributed by atoms with Crippen molar-refractivity contribution in [3.05, 3.63) is 27.9 Å². The van der Waals surface area contributed by atoms with Crippen LogP contribution in [0.3, 0.4) is 0 Å². The number of hydrogen-bond donors (Lipinski definition) is 2. The highest BCUT2D eigenvalue weighted by Crippen LogP contribution is 2.20. The normalized spacial score (nSPS) is 13.6. The number of aromatic nitrogens is 1. The van der Waals surface area contributed by atoms with Crippen LogP contribution in [0.15, 0.2) is 12.3 Å². The highest BCUT2D eigenvalue weighted by Gasteiger charge is 2.21. The number of nitro groups is 1. The number of carbonyl (C=O) groups is 1. The SMILES string of the molecule is CC(CS(C)=O)Nc1cc(C(=O)O)c([N+](=O)[O-])cn1. The predicted octanol–water partition coefficient (Wildman–Crippen LogP) is 0.867. The van der Waals surface area contributed by atoms with Crippen molar-refractivity contribution in [3.8, 4) is 0 Å². The molecule has 8 nitrogen and oxygen atoms in total. The summed E-state index contributed by atoms with van der Waals surface area (Å²) >= 11 is 0. The van der Waals surface area contributed by atoms with Crippen LogP contribution in [0.1, 0.15) is 17.3 Å². The first-order valence-corrected chi connectivity index (χ1v) is 6.98. The van der Waals surface area contributed by atoms with E-state index in [1.807, 2.05) is 0 Å². The average molecular weight is 287 g/mol. The molecule has 1 aromatic rings. The minimum Gasteiger partial charge on any atom is -0.477 e. The van der Waals surface area contributed by atoms with E-state index in [2.05, 4.69) is 10.3 Å². The van der Waals surface area contributed by atoms with Crippen LogP contribution in [-0.2, 0) is 10.8 Å². The predicted molar refractivity (Wildman–Crippen MR) is 69.9 cm³/mol. The van der Waals surface area contributed by atoms with Crippen LogP contribution in [-0.4, -0.2) is 43.2 Å². The highest BCUT2D eigenvalue weighted by atomic mass is 32.2. The van der Waals surface area contributed by atoms with Crippen molar-refractivity contribution in [2.45, 2.75) is 13.0 Å². The molecule has 0 aliphatic heterocycles. The number of aromatic carboxylic acids is 1. The lowest BCUT2D eigenvalue weighted by molar-refractivity contribution is -0.385. The molecule has 1 heterocycles. The molecule has 104 valence electrons. The largest absolute Gasteiger partial charge is 0.477 e. The molecule has 1 aromatic heterocycles. The summed E-state index contributed by atoms with van der Waals surface area (Å²) in [5.41, 5.74) is -1.00. The van der Waals surface area contributed by atoms with E-state index in [1.165, 1.54) is 0 Å². The zero-order valence-corrected chi connectivity index (χ0v) is 11.1. The molecule has 1 rings (SSSR count). The van der Waals surface area contributed by atoms with Crippen LogP contribution in [0.25, 0.3) is 0 Å². The quantitative estimate of drug-likeness (QED) is 0.587. The fourth-order valence-electron chi connectivity index (χ4n) is 1.49. The average Bonchev–Trinajstić information content (AvgIpc) is 2.27. The molecule has 2 unspecified atom stereocenters. The van der Waals surface area contributed by atoms with Crippen molar-refractivity contribution in [2.75, 3.05) is 17.3 Å². The maximum atomic E-state index is 11.0. The van der Waals surface area contributed by atoms with Crippen molar-refractivity contribution in [1.82, 2.24) is 4.98 Å². The van der Waals surface area contributed by atoms with E-state index in [-0.39, 0.29) is 11.9 Å². The zero-order chi connectivity index (χ0) is 14.6. The van der Waals surface area contributed by atoms with E-state index in [9.17, 15) is 19.1 Å². The molecule has 0 aliphatic carbocycles. The third-order valence-electron chi connectivity index (χ3n) is 2.19. The molecular formula is C10H13N3O5S. The van der Waals surface area contributed by atoms with Crippen molar-refractivity contribution in [1.29, 1.82) is 0 Å². The topological polar surface area (TPSA) is 122 Å². The maximum Gasteiger partial charge on any atom is 0.342 e. The molecule has 19 heavy (non-hydrogen) atoms. The van der Waals surface area contributed by atoms with Gasteiger partial charge in [-0.05, 0) is 6.92 Å². The monoisotopic (exact) mass is 287 g/mol. The van der Waals surface area contributed by atoms with Gasteiger partial charge in [-0.15, -0.1) is 0 Å². The number of nitrogens with zero attached hydrogens (tertiary/aromatic N) is 2. The first-order chi connectivity index (χ1) is 8.81. The zero-order valence-electron chi connectivity index (χ0n) is 10.3. The number of carboxylic acid groups (broad SMARTS) is 1. The Balaban J connectivity index is 2.99. The summed E-state index contributed by atoms with van der Waals surface area (Å²) < 4.78 is 11.0. The van der Waals surface area contributed by atoms with Gasteiger partial charge in [0.25, 0.3) is 0 Å². The summed E-state index contributed by atoms with van der Waals surface area (Å²) in [7, 11) is -1.01. The second-order valence-electron chi connectivity index (χ2n) is 3.93. The van der Waals surface area contributed by atoms with Gasteiger partial charge < -0.3 is 10.4 Å². The van der Waals surface area contributed by atoms with Crippen LogP contribution in [0.2, 0.25) is 0 Å². The standard InChI is InChI=1S/C10H13N3O5S/c1-6(5-19(2)18)12-9-3-7(10(14)15)8(4-11-9)13(16)17/h3-4,6H,5H2,1-2H3,(H,11,12)(H,14,15). The lowest BCUT2D eigenvalue weighted by Gasteiger charge is -2.13. The summed E-state index contributed by atoms with van der Waals surface area (Å²) in [5, 5.41) is 22.4. The molecule has 0 saturated carbocycles. The first-order valence-electron chi connectivity index (χ1n) is 5.25. The van der Waals surface area contributed by atoms with Gasteiger partial charge in [-0.2, -0.15) is 0 Å². The lowest BCUT2D eigenvalue weighted by atomic mass is 10.2. The highest BCUT2D eigenvalue weighted by molar-refractivity contribution is 7.84. The maximum absolute atomic E-state index is 11.0. The van der Waals surface area contributed by atoms with Gasteiger partial charge in [0.1, 0.15) is 17.6 Å². The van der Waals surface area contributed by atoms with Crippen molar-refractivity contribution in [3.63, 3.8) is 0 Å².